The number of nitrogens with one attached hydrogen (secondary N) is 1. The molecule has 0 atom stereocenters. The molecular formula is C25H20N2O. The van der Waals surface area contributed by atoms with Gasteiger partial charge in [-0.2, -0.15) is 5.10 Å². The van der Waals surface area contributed by atoms with Gasteiger partial charge in [0.25, 0.3) is 5.91 Å². The summed E-state index contributed by atoms with van der Waals surface area (Å²) in [5.41, 5.74) is 5.52. The van der Waals surface area contributed by atoms with Crippen LogP contribution >= 0.6 is 0 Å². The molecule has 0 saturated carbocycles. The first-order valence-corrected chi connectivity index (χ1v) is 9.23. The van der Waals surface area contributed by atoms with E-state index in [-0.39, 0.29) is 5.91 Å². The molecule has 0 saturated heterocycles. The van der Waals surface area contributed by atoms with Gasteiger partial charge in [0.05, 0.1) is 12.1 Å². The summed E-state index contributed by atoms with van der Waals surface area (Å²) in [5.74, 6) is -0.564. The van der Waals surface area contributed by atoms with Crippen LogP contribution in [0, 0.1) is 0 Å². The molecule has 0 fully saturated rings. The molecule has 4 aromatic rings. The molecule has 0 aromatic heterocycles. The monoisotopic (exact) mass is 364 g/mol. The lowest BCUT2D eigenvalue weighted by Crippen LogP contribution is -2.26. The molecule has 1 N–H and O–H groups in total. The predicted octanol–water partition coefficient (Wildman–Crippen LogP) is 5.12. The highest BCUT2D eigenvalue weighted by molar-refractivity contribution is 5.92. The van der Waals surface area contributed by atoms with Gasteiger partial charge in [-0.3, -0.25) is 4.79 Å². The van der Waals surface area contributed by atoms with Gasteiger partial charge in [-0.15, -0.1) is 0 Å². The van der Waals surface area contributed by atoms with E-state index in [1.807, 2.05) is 78.9 Å². The van der Waals surface area contributed by atoms with Crippen molar-refractivity contribution in [1.82, 2.24) is 5.43 Å². The maximum atomic E-state index is 12.9. The topological polar surface area (TPSA) is 41.5 Å². The van der Waals surface area contributed by atoms with E-state index in [9.17, 15) is 4.79 Å². The van der Waals surface area contributed by atoms with E-state index < -0.39 is 5.92 Å². The quantitative estimate of drug-likeness (QED) is 0.387. The van der Waals surface area contributed by atoms with Crippen LogP contribution in [0.15, 0.2) is 108 Å². The predicted molar refractivity (Wildman–Crippen MR) is 114 cm³/mol. The highest BCUT2D eigenvalue weighted by atomic mass is 16.2. The molecule has 0 spiro atoms. The average molecular weight is 364 g/mol. The SMILES string of the molecule is O=C(N/N=C\c1ccc2ccccc2c1)C(c1ccccc1)c1ccccc1. The van der Waals surface area contributed by atoms with Crippen molar-refractivity contribution in [3.05, 3.63) is 120 Å². The fourth-order valence-corrected chi connectivity index (χ4v) is 3.31. The summed E-state index contributed by atoms with van der Waals surface area (Å²) >= 11 is 0. The van der Waals surface area contributed by atoms with Crippen LogP contribution in [0.5, 0.6) is 0 Å². The van der Waals surface area contributed by atoms with Crippen LogP contribution in [0.25, 0.3) is 10.8 Å². The highest BCUT2D eigenvalue weighted by Crippen LogP contribution is 2.24. The molecule has 3 heteroatoms. The lowest BCUT2D eigenvalue weighted by molar-refractivity contribution is -0.121. The Bertz CT molecular complexity index is 1070. The normalized spacial score (nSPS) is 11.2. The molecule has 0 aliphatic rings. The molecule has 136 valence electrons. The van der Waals surface area contributed by atoms with E-state index in [2.05, 4.69) is 34.8 Å². The molecule has 28 heavy (non-hydrogen) atoms. The number of hydrogen-bond acceptors (Lipinski definition) is 2. The Hall–Kier alpha value is -3.72. The van der Waals surface area contributed by atoms with Crippen LogP contribution < -0.4 is 5.43 Å². The molecule has 0 bridgehead atoms. The molecule has 0 aliphatic carbocycles. The maximum absolute atomic E-state index is 12.9. The van der Waals surface area contributed by atoms with E-state index >= 15 is 0 Å². The van der Waals surface area contributed by atoms with Crippen molar-refractivity contribution >= 4 is 22.9 Å². The smallest absolute Gasteiger partial charge is 0.252 e. The minimum atomic E-state index is -0.406. The number of rotatable bonds is 5. The Kier molecular flexibility index (Phi) is 5.25. The number of benzene rings is 4. The Morgan fingerprint density at radius 1 is 0.714 bits per heavy atom. The van der Waals surface area contributed by atoms with Gasteiger partial charge in [-0.05, 0) is 33.5 Å². The first kappa shape index (κ1) is 17.7. The number of carbonyl (C=O) groups is 1. The second-order valence-corrected chi connectivity index (χ2v) is 6.60. The summed E-state index contributed by atoms with van der Waals surface area (Å²) in [7, 11) is 0. The van der Waals surface area contributed by atoms with E-state index in [1.54, 1.807) is 6.21 Å². The number of hydrogen-bond donors (Lipinski definition) is 1. The Balaban J connectivity index is 1.55. The molecule has 0 heterocycles. The third-order valence-electron chi connectivity index (χ3n) is 4.69. The Labute approximate surface area is 164 Å². The van der Waals surface area contributed by atoms with Gasteiger partial charge in [0, 0.05) is 0 Å². The summed E-state index contributed by atoms with van der Waals surface area (Å²) in [6.45, 7) is 0. The summed E-state index contributed by atoms with van der Waals surface area (Å²) < 4.78 is 0. The average Bonchev–Trinajstić information content (AvgIpc) is 2.75. The number of carbonyl (C=O) groups excluding carboxylic acids is 1. The van der Waals surface area contributed by atoms with Crippen LogP contribution in [0.1, 0.15) is 22.6 Å². The minimum absolute atomic E-state index is 0.158. The minimum Gasteiger partial charge on any atom is -0.272 e. The molecule has 0 aliphatic heterocycles. The van der Waals surface area contributed by atoms with Crippen molar-refractivity contribution < 1.29 is 4.79 Å². The van der Waals surface area contributed by atoms with E-state index in [1.165, 1.54) is 5.39 Å². The Morgan fingerprint density at radius 2 is 1.29 bits per heavy atom. The zero-order chi connectivity index (χ0) is 19.2. The van der Waals surface area contributed by atoms with Crippen molar-refractivity contribution in [2.75, 3.05) is 0 Å². The van der Waals surface area contributed by atoms with Crippen LogP contribution in [0.2, 0.25) is 0 Å². The van der Waals surface area contributed by atoms with Crippen LogP contribution in [0.4, 0.5) is 0 Å². The number of fused-ring (bicyclic) bond motifs is 1. The van der Waals surface area contributed by atoms with Crippen molar-refractivity contribution in [3.8, 4) is 0 Å². The second-order valence-electron chi connectivity index (χ2n) is 6.60. The van der Waals surface area contributed by atoms with Crippen molar-refractivity contribution in [2.45, 2.75) is 5.92 Å². The largest absolute Gasteiger partial charge is 0.272 e. The first-order chi connectivity index (χ1) is 13.8. The van der Waals surface area contributed by atoms with Gasteiger partial charge in [0.15, 0.2) is 0 Å². The maximum Gasteiger partial charge on any atom is 0.252 e. The van der Waals surface area contributed by atoms with Gasteiger partial charge >= 0.3 is 0 Å². The standard InChI is InChI=1S/C25H20N2O/c28-25(24(21-10-3-1-4-11-21)22-12-5-2-6-13-22)27-26-18-19-15-16-20-9-7-8-14-23(20)17-19/h1-18,24H,(H,27,28)/b26-18-. The highest BCUT2D eigenvalue weighted by Gasteiger charge is 2.22. The Morgan fingerprint density at radius 3 is 1.93 bits per heavy atom. The van der Waals surface area contributed by atoms with E-state index in [4.69, 9.17) is 0 Å². The van der Waals surface area contributed by atoms with Crippen LogP contribution in [0.3, 0.4) is 0 Å². The van der Waals surface area contributed by atoms with Crippen molar-refractivity contribution in [1.29, 1.82) is 0 Å². The summed E-state index contributed by atoms with van der Waals surface area (Å²) in [6.07, 6.45) is 1.68. The molecule has 0 radical (unpaired) electrons. The van der Waals surface area contributed by atoms with E-state index in [0.717, 1.165) is 22.1 Å². The fourth-order valence-electron chi connectivity index (χ4n) is 3.31. The number of nitrogens with zero attached hydrogens (tertiary/aromatic N) is 1. The summed E-state index contributed by atoms with van der Waals surface area (Å²) in [4.78, 5) is 12.9. The van der Waals surface area contributed by atoms with E-state index in [0.29, 0.717) is 0 Å². The lowest BCUT2D eigenvalue weighted by atomic mass is 9.91. The molecule has 0 unspecified atom stereocenters. The van der Waals surface area contributed by atoms with Gasteiger partial charge < -0.3 is 0 Å². The van der Waals surface area contributed by atoms with Crippen LogP contribution in [-0.4, -0.2) is 12.1 Å². The van der Waals surface area contributed by atoms with Gasteiger partial charge in [0.2, 0.25) is 0 Å². The molecule has 4 aromatic carbocycles. The lowest BCUT2D eigenvalue weighted by Gasteiger charge is -2.16. The molecular weight excluding hydrogens is 344 g/mol. The number of hydrazone groups is 1. The molecule has 1 amide bonds. The third-order valence-corrected chi connectivity index (χ3v) is 4.69. The van der Waals surface area contributed by atoms with Crippen molar-refractivity contribution in [3.63, 3.8) is 0 Å². The van der Waals surface area contributed by atoms with Gasteiger partial charge in [0.1, 0.15) is 0 Å². The van der Waals surface area contributed by atoms with Gasteiger partial charge in [-0.1, -0.05) is 97.1 Å². The second kappa shape index (κ2) is 8.31. The first-order valence-electron chi connectivity index (χ1n) is 9.23. The zero-order valence-corrected chi connectivity index (χ0v) is 15.3. The summed E-state index contributed by atoms with van der Waals surface area (Å²) in [6, 6.07) is 33.8. The molecule has 3 nitrogen and oxygen atoms in total. The fraction of sp³-hybridized carbons (Fsp3) is 0.0400. The van der Waals surface area contributed by atoms with Gasteiger partial charge in [-0.25, -0.2) is 5.43 Å². The zero-order valence-electron chi connectivity index (χ0n) is 15.3. The summed E-state index contributed by atoms with van der Waals surface area (Å²) in [5, 5.41) is 6.52. The third kappa shape index (κ3) is 3.99. The molecule has 4 rings (SSSR count). The van der Waals surface area contributed by atoms with Crippen LogP contribution in [-0.2, 0) is 4.79 Å². The van der Waals surface area contributed by atoms with Crippen molar-refractivity contribution in [2.24, 2.45) is 5.10 Å². The number of amides is 1.